The molecule has 0 bridgehead atoms. The van der Waals surface area contributed by atoms with Crippen molar-refractivity contribution in [3.8, 4) is 5.75 Å². The maximum atomic E-state index is 13.8. The normalized spacial score (nSPS) is 26.7. The first-order valence-corrected chi connectivity index (χ1v) is 13.1. The van der Waals surface area contributed by atoms with Gasteiger partial charge in [-0.15, -0.1) is 0 Å². The van der Waals surface area contributed by atoms with E-state index in [2.05, 4.69) is 0 Å². The summed E-state index contributed by atoms with van der Waals surface area (Å²) in [6.45, 7) is 5.51. The molecular weight excluding hydrogens is 478 g/mol. The van der Waals surface area contributed by atoms with Crippen molar-refractivity contribution in [2.24, 2.45) is 17.8 Å². The summed E-state index contributed by atoms with van der Waals surface area (Å²) in [4.78, 5) is 55.4. The lowest BCUT2D eigenvalue weighted by molar-refractivity contribution is -0.140. The molecule has 1 fully saturated rings. The Hall–Kier alpha value is -4.06. The second-order valence-corrected chi connectivity index (χ2v) is 11.0. The molecule has 3 aliphatic carbocycles. The summed E-state index contributed by atoms with van der Waals surface area (Å²) in [6.07, 6.45) is 4.10. The van der Waals surface area contributed by atoms with E-state index >= 15 is 0 Å². The molecule has 192 valence electrons. The fourth-order valence-electron chi connectivity index (χ4n) is 6.88. The van der Waals surface area contributed by atoms with E-state index in [9.17, 15) is 24.3 Å². The number of allylic oxidation sites excluding steroid dienone is 6. The lowest BCUT2D eigenvalue weighted by Gasteiger charge is -2.42. The van der Waals surface area contributed by atoms with Crippen LogP contribution in [0.4, 0.5) is 0 Å². The number of aryl methyl sites for hydroxylation is 2. The largest absolute Gasteiger partial charge is 0.507 e. The van der Waals surface area contributed by atoms with E-state index in [1.807, 2.05) is 62.4 Å². The van der Waals surface area contributed by atoms with Gasteiger partial charge < -0.3 is 5.11 Å². The second kappa shape index (κ2) is 8.76. The van der Waals surface area contributed by atoms with E-state index < -0.39 is 17.8 Å². The number of nitrogens with zero attached hydrogens (tertiary/aromatic N) is 1. The first kappa shape index (κ1) is 24.3. The molecule has 1 N–H and O–H groups in total. The van der Waals surface area contributed by atoms with Crippen LogP contribution in [0.2, 0.25) is 0 Å². The number of amides is 2. The average molecular weight is 508 g/mol. The van der Waals surface area contributed by atoms with Gasteiger partial charge in [0.1, 0.15) is 5.75 Å². The van der Waals surface area contributed by atoms with Crippen LogP contribution >= 0.6 is 0 Å². The van der Waals surface area contributed by atoms with E-state index in [-0.39, 0.29) is 48.0 Å². The van der Waals surface area contributed by atoms with Crippen molar-refractivity contribution in [2.75, 3.05) is 0 Å². The molecule has 2 aromatic carbocycles. The molecule has 6 rings (SSSR count). The van der Waals surface area contributed by atoms with Crippen LogP contribution in [-0.2, 0) is 25.7 Å². The van der Waals surface area contributed by atoms with Gasteiger partial charge in [-0.1, -0.05) is 54.1 Å². The lowest BCUT2D eigenvalue weighted by atomic mass is 9.59. The minimum atomic E-state index is -0.572. The van der Waals surface area contributed by atoms with Crippen molar-refractivity contribution in [3.63, 3.8) is 0 Å². The Kier molecular flexibility index (Phi) is 5.60. The predicted molar refractivity (Wildman–Crippen MR) is 141 cm³/mol. The number of benzene rings is 2. The molecule has 0 spiro atoms. The van der Waals surface area contributed by atoms with Gasteiger partial charge in [0, 0.05) is 22.6 Å². The number of carbonyl (C=O) groups excluding carboxylic acids is 4. The summed E-state index contributed by atoms with van der Waals surface area (Å²) in [6, 6.07) is 13.2. The number of phenolic OH excluding ortho intramolecular Hbond substituents is 1. The third-order valence-corrected chi connectivity index (χ3v) is 8.69. The maximum absolute atomic E-state index is 13.8. The minimum Gasteiger partial charge on any atom is -0.507 e. The zero-order chi connectivity index (χ0) is 26.9. The minimum absolute atomic E-state index is 0.158. The molecule has 0 saturated carbocycles. The molecule has 1 heterocycles. The zero-order valence-electron chi connectivity index (χ0n) is 21.7. The number of Topliss-reactive ketones (excluding diaryl/α,β-unsaturated/α-hetero) is 1. The van der Waals surface area contributed by atoms with Crippen LogP contribution < -0.4 is 0 Å². The smallest absolute Gasteiger partial charge is 0.234 e. The van der Waals surface area contributed by atoms with Crippen LogP contribution in [0.5, 0.6) is 5.75 Å². The molecule has 0 aromatic heterocycles. The molecule has 1 aliphatic heterocycles. The van der Waals surface area contributed by atoms with Gasteiger partial charge in [-0.05, 0) is 67.9 Å². The SMILES string of the molecule is CC1=CC(=O)C2=C(C1=O)[C@@H](c1cc(C)c(O)c(C)c1)C1=CC[C@@H]3C(=O)N(Cc4ccccc4)C(=O)[C@@H]3[C@@H]1C2. The van der Waals surface area contributed by atoms with Crippen LogP contribution in [0, 0.1) is 31.6 Å². The number of ketones is 2. The fourth-order valence-corrected chi connectivity index (χ4v) is 6.88. The highest BCUT2D eigenvalue weighted by molar-refractivity contribution is 6.23. The van der Waals surface area contributed by atoms with Gasteiger partial charge >= 0.3 is 0 Å². The number of phenols is 1. The number of carbonyl (C=O) groups is 4. The van der Waals surface area contributed by atoms with E-state index in [4.69, 9.17) is 0 Å². The van der Waals surface area contributed by atoms with Crippen molar-refractivity contribution in [2.45, 2.75) is 46.1 Å². The third-order valence-electron chi connectivity index (χ3n) is 8.69. The van der Waals surface area contributed by atoms with Gasteiger partial charge in [0.25, 0.3) is 0 Å². The van der Waals surface area contributed by atoms with Crippen LogP contribution in [0.15, 0.2) is 76.9 Å². The molecule has 6 nitrogen and oxygen atoms in total. The summed E-state index contributed by atoms with van der Waals surface area (Å²) in [5.74, 6) is -2.45. The maximum Gasteiger partial charge on any atom is 0.234 e. The predicted octanol–water partition coefficient (Wildman–Crippen LogP) is 4.64. The van der Waals surface area contributed by atoms with Gasteiger partial charge in [0.15, 0.2) is 11.6 Å². The number of hydrogen-bond donors (Lipinski definition) is 1. The topological polar surface area (TPSA) is 91.8 Å². The molecule has 38 heavy (non-hydrogen) atoms. The summed E-state index contributed by atoms with van der Waals surface area (Å²) in [7, 11) is 0. The molecule has 2 aromatic rings. The highest BCUT2D eigenvalue weighted by Crippen LogP contribution is 2.55. The van der Waals surface area contributed by atoms with Gasteiger partial charge in [-0.2, -0.15) is 0 Å². The molecule has 2 amide bonds. The van der Waals surface area contributed by atoms with Gasteiger partial charge in [-0.3, -0.25) is 24.1 Å². The number of fused-ring (bicyclic) bond motifs is 3. The molecule has 0 unspecified atom stereocenters. The highest BCUT2D eigenvalue weighted by atomic mass is 16.3. The van der Waals surface area contributed by atoms with Gasteiger partial charge in [0.05, 0.1) is 18.4 Å². The van der Waals surface area contributed by atoms with E-state index in [1.54, 1.807) is 6.92 Å². The van der Waals surface area contributed by atoms with Crippen molar-refractivity contribution in [3.05, 3.63) is 99.2 Å². The Morgan fingerprint density at radius 1 is 0.921 bits per heavy atom. The Morgan fingerprint density at radius 3 is 2.29 bits per heavy atom. The fraction of sp³-hybridized carbons (Fsp3) is 0.312. The Balaban J connectivity index is 1.47. The average Bonchev–Trinajstić information content (AvgIpc) is 3.14. The second-order valence-electron chi connectivity index (χ2n) is 11.0. The quantitative estimate of drug-likeness (QED) is 0.371. The molecule has 6 heteroatoms. The number of aromatic hydroxyl groups is 1. The Morgan fingerprint density at radius 2 is 1.61 bits per heavy atom. The molecular formula is C32H29NO5. The van der Waals surface area contributed by atoms with E-state index in [0.717, 1.165) is 16.7 Å². The van der Waals surface area contributed by atoms with Crippen molar-refractivity contribution in [1.29, 1.82) is 0 Å². The molecule has 4 atom stereocenters. The summed E-state index contributed by atoms with van der Waals surface area (Å²) in [5.41, 5.74) is 5.30. The number of hydrogen-bond acceptors (Lipinski definition) is 5. The van der Waals surface area contributed by atoms with Crippen molar-refractivity contribution < 1.29 is 24.3 Å². The molecule has 0 radical (unpaired) electrons. The van der Waals surface area contributed by atoms with E-state index in [0.29, 0.717) is 34.3 Å². The zero-order valence-corrected chi connectivity index (χ0v) is 21.7. The van der Waals surface area contributed by atoms with Gasteiger partial charge in [-0.25, -0.2) is 0 Å². The lowest BCUT2D eigenvalue weighted by Crippen LogP contribution is -2.39. The van der Waals surface area contributed by atoms with Crippen molar-refractivity contribution >= 4 is 23.4 Å². The number of likely N-dealkylation sites (tertiary alicyclic amines) is 1. The highest BCUT2D eigenvalue weighted by Gasteiger charge is 2.56. The first-order chi connectivity index (χ1) is 18.2. The van der Waals surface area contributed by atoms with E-state index in [1.165, 1.54) is 11.0 Å². The third kappa shape index (κ3) is 3.54. The van der Waals surface area contributed by atoms with Gasteiger partial charge in [0.2, 0.25) is 11.8 Å². The summed E-state index contributed by atoms with van der Waals surface area (Å²) < 4.78 is 0. The first-order valence-electron chi connectivity index (χ1n) is 13.1. The Bertz CT molecular complexity index is 1500. The summed E-state index contributed by atoms with van der Waals surface area (Å²) in [5, 5.41) is 10.4. The Labute approximate surface area is 221 Å². The van der Waals surface area contributed by atoms with Crippen LogP contribution in [0.25, 0.3) is 0 Å². The molecule has 4 aliphatic rings. The monoisotopic (exact) mass is 507 g/mol. The van der Waals surface area contributed by atoms with Crippen molar-refractivity contribution in [1.82, 2.24) is 4.90 Å². The number of imide groups is 1. The number of rotatable bonds is 3. The van der Waals surface area contributed by atoms with Crippen LogP contribution in [0.3, 0.4) is 0 Å². The standard InChI is InChI=1S/C32H29NO5/c1-16-11-20(12-17(2)29(16)35)26-21-9-10-22-27(23(21)14-24-25(34)13-18(3)30(36)28(24)26)32(38)33(31(22)37)15-19-7-5-4-6-8-19/h4-9,11-13,22-23,26-27,35H,10,14-15H2,1-3H3/t22-,23+,26-,27-/m0/s1. The van der Waals surface area contributed by atoms with Crippen LogP contribution in [0.1, 0.15) is 47.9 Å². The van der Waals surface area contributed by atoms with Crippen LogP contribution in [-0.4, -0.2) is 33.4 Å². The molecule has 1 saturated heterocycles. The summed E-state index contributed by atoms with van der Waals surface area (Å²) >= 11 is 0.